The van der Waals surface area contributed by atoms with Gasteiger partial charge in [-0.15, -0.1) is 0 Å². The Bertz CT molecular complexity index is 566. The highest BCUT2D eigenvalue weighted by atomic mass is 32.2. The third-order valence-electron chi connectivity index (χ3n) is 2.00. The van der Waals surface area contributed by atoms with Crippen molar-refractivity contribution in [2.75, 3.05) is 25.2 Å². The minimum atomic E-state index is -4.68. The zero-order valence-corrected chi connectivity index (χ0v) is 10.7. The molecular formula is C8H10F3N3O4S. The lowest BCUT2D eigenvalue weighted by Crippen LogP contribution is -2.34. The molecule has 0 aliphatic heterocycles. The quantitative estimate of drug-likeness (QED) is 0.875. The maximum absolute atomic E-state index is 12.2. The van der Waals surface area contributed by atoms with E-state index in [-0.39, 0.29) is 0 Å². The number of nitrogens with zero attached hydrogens (tertiary/aromatic N) is 2. The van der Waals surface area contributed by atoms with Crippen molar-refractivity contribution >= 4 is 21.8 Å². The second-order valence-electron chi connectivity index (χ2n) is 3.64. The lowest BCUT2D eigenvalue weighted by molar-refractivity contribution is -0.142. The van der Waals surface area contributed by atoms with Crippen LogP contribution in [0.1, 0.15) is 5.69 Å². The summed E-state index contributed by atoms with van der Waals surface area (Å²) >= 11 is 0. The predicted octanol–water partition coefficient (Wildman–Crippen LogP) is 0.523. The van der Waals surface area contributed by atoms with E-state index in [9.17, 15) is 26.4 Å². The number of alkyl halides is 3. The van der Waals surface area contributed by atoms with Gasteiger partial charge >= 0.3 is 6.18 Å². The first-order valence-corrected chi connectivity index (χ1v) is 6.60. The smallest absolute Gasteiger partial charge is 0.338 e. The largest absolute Gasteiger partial charge is 0.436 e. The van der Waals surface area contributed by atoms with Crippen LogP contribution in [0.5, 0.6) is 0 Å². The second-order valence-corrected chi connectivity index (χ2v) is 5.73. The third kappa shape index (κ3) is 4.52. The molecule has 0 spiro atoms. The Labute approximate surface area is 106 Å². The fourth-order valence-corrected chi connectivity index (χ4v) is 1.32. The highest BCUT2D eigenvalue weighted by Crippen LogP contribution is 2.29. The first kappa shape index (κ1) is 15.4. The molecular weight excluding hydrogens is 291 g/mol. The zero-order chi connectivity index (χ0) is 14.8. The summed E-state index contributed by atoms with van der Waals surface area (Å²) < 4.78 is 63.6. The van der Waals surface area contributed by atoms with Crippen molar-refractivity contribution in [2.45, 2.75) is 6.18 Å². The van der Waals surface area contributed by atoms with Crippen LogP contribution in [-0.4, -0.2) is 43.6 Å². The molecule has 1 N–H and O–H groups in total. The summed E-state index contributed by atoms with van der Waals surface area (Å²) in [6.45, 7) is -0.555. The van der Waals surface area contributed by atoms with E-state index in [1.165, 1.54) is 0 Å². The van der Waals surface area contributed by atoms with Crippen molar-refractivity contribution < 1.29 is 30.9 Å². The Hall–Kier alpha value is -1.62. The summed E-state index contributed by atoms with van der Waals surface area (Å²) in [5.41, 5.74) is -1.29. The Morgan fingerprint density at radius 1 is 1.53 bits per heavy atom. The molecule has 1 aromatic heterocycles. The monoisotopic (exact) mass is 301 g/mol. The van der Waals surface area contributed by atoms with Crippen LogP contribution in [0.25, 0.3) is 0 Å². The normalized spacial score (nSPS) is 12.7. The molecule has 11 heteroatoms. The number of rotatable bonds is 4. The fourth-order valence-electron chi connectivity index (χ4n) is 0.964. The number of nitrogens with one attached hydrogen (secondary N) is 1. The SMILES string of the molecule is CN(CC(=O)Nc1cc(C(F)(F)F)no1)S(C)(=O)=O. The van der Waals surface area contributed by atoms with Gasteiger partial charge in [-0.3, -0.25) is 10.1 Å². The van der Waals surface area contributed by atoms with Crippen molar-refractivity contribution in [2.24, 2.45) is 0 Å². The Balaban J connectivity index is 2.66. The number of sulfonamides is 1. The van der Waals surface area contributed by atoms with Crippen LogP contribution in [0.3, 0.4) is 0 Å². The summed E-state index contributed by atoms with van der Waals surface area (Å²) in [5.74, 6) is -1.36. The molecule has 7 nitrogen and oxygen atoms in total. The van der Waals surface area contributed by atoms with Crippen LogP contribution in [0, 0.1) is 0 Å². The Kier molecular flexibility index (Phi) is 4.20. The number of likely N-dealkylation sites (N-methyl/N-ethyl adjacent to an activating group) is 1. The molecule has 0 bridgehead atoms. The van der Waals surface area contributed by atoms with Crippen LogP contribution < -0.4 is 5.32 Å². The number of amides is 1. The molecule has 1 heterocycles. The molecule has 0 atom stereocenters. The molecule has 0 aliphatic carbocycles. The fraction of sp³-hybridized carbons (Fsp3) is 0.500. The van der Waals surface area contributed by atoms with Gasteiger partial charge in [-0.05, 0) is 0 Å². The topological polar surface area (TPSA) is 92.5 Å². The van der Waals surface area contributed by atoms with E-state index in [4.69, 9.17) is 0 Å². The summed E-state index contributed by atoms with van der Waals surface area (Å²) in [7, 11) is -2.41. The molecule has 0 radical (unpaired) electrons. The Morgan fingerprint density at radius 2 is 2.11 bits per heavy atom. The van der Waals surface area contributed by atoms with Gasteiger partial charge in [0.1, 0.15) is 0 Å². The van der Waals surface area contributed by atoms with Gasteiger partial charge in [0.15, 0.2) is 5.69 Å². The third-order valence-corrected chi connectivity index (χ3v) is 3.26. The molecule has 0 aromatic carbocycles. The van der Waals surface area contributed by atoms with Gasteiger partial charge in [-0.2, -0.15) is 17.5 Å². The van der Waals surface area contributed by atoms with Crippen LogP contribution >= 0.6 is 0 Å². The number of hydrogen-bond donors (Lipinski definition) is 1. The van der Waals surface area contributed by atoms with Gasteiger partial charge in [0, 0.05) is 13.1 Å². The maximum atomic E-state index is 12.2. The number of carbonyl (C=O) groups excluding carboxylic acids is 1. The van der Waals surface area contributed by atoms with Crippen LogP contribution in [0.15, 0.2) is 10.6 Å². The number of carbonyl (C=O) groups is 1. The van der Waals surface area contributed by atoms with Crippen molar-refractivity contribution in [3.63, 3.8) is 0 Å². The van der Waals surface area contributed by atoms with Crippen molar-refractivity contribution in [1.82, 2.24) is 9.46 Å². The van der Waals surface area contributed by atoms with Crippen molar-refractivity contribution in [3.8, 4) is 0 Å². The molecule has 0 saturated heterocycles. The van der Waals surface area contributed by atoms with Gasteiger partial charge in [-0.1, -0.05) is 5.16 Å². The van der Waals surface area contributed by atoms with Gasteiger partial charge in [-0.25, -0.2) is 8.42 Å². The van der Waals surface area contributed by atoms with Crippen LogP contribution in [-0.2, 0) is 21.0 Å². The lowest BCUT2D eigenvalue weighted by atomic mass is 10.4. The number of anilines is 1. The molecule has 19 heavy (non-hydrogen) atoms. The van der Waals surface area contributed by atoms with E-state index in [0.29, 0.717) is 6.07 Å². The van der Waals surface area contributed by atoms with Gasteiger partial charge < -0.3 is 4.52 Å². The Morgan fingerprint density at radius 3 is 2.53 bits per heavy atom. The van der Waals surface area contributed by atoms with E-state index in [0.717, 1.165) is 17.6 Å². The van der Waals surface area contributed by atoms with Crippen LogP contribution in [0.2, 0.25) is 0 Å². The number of halogens is 3. The average Bonchev–Trinajstić information content (AvgIpc) is 2.63. The van der Waals surface area contributed by atoms with E-state index < -0.39 is 40.2 Å². The minimum Gasteiger partial charge on any atom is -0.338 e. The van der Waals surface area contributed by atoms with Crippen LogP contribution in [0.4, 0.5) is 19.1 Å². The van der Waals surface area contributed by atoms with E-state index in [1.807, 2.05) is 5.32 Å². The number of aromatic nitrogens is 1. The summed E-state index contributed by atoms with van der Waals surface area (Å²) in [5, 5.41) is 4.69. The van der Waals surface area contributed by atoms with E-state index >= 15 is 0 Å². The summed E-state index contributed by atoms with van der Waals surface area (Å²) in [6.07, 6.45) is -3.80. The first-order chi connectivity index (χ1) is 8.50. The molecule has 0 aliphatic rings. The molecule has 1 aromatic rings. The summed E-state index contributed by atoms with van der Waals surface area (Å²) in [6, 6.07) is 0.498. The van der Waals surface area contributed by atoms with Gasteiger partial charge in [0.25, 0.3) is 0 Å². The molecule has 0 unspecified atom stereocenters. The van der Waals surface area contributed by atoms with Gasteiger partial charge in [0.05, 0.1) is 12.8 Å². The van der Waals surface area contributed by atoms with Crippen molar-refractivity contribution in [1.29, 1.82) is 0 Å². The van der Waals surface area contributed by atoms with E-state index in [1.54, 1.807) is 0 Å². The van der Waals surface area contributed by atoms with E-state index in [2.05, 4.69) is 9.68 Å². The number of hydrogen-bond acceptors (Lipinski definition) is 5. The highest BCUT2D eigenvalue weighted by molar-refractivity contribution is 7.88. The molecule has 0 fully saturated rings. The maximum Gasteiger partial charge on any atom is 0.436 e. The van der Waals surface area contributed by atoms with Gasteiger partial charge in [0.2, 0.25) is 21.8 Å². The molecule has 1 amide bonds. The zero-order valence-electron chi connectivity index (χ0n) is 9.85. The first-order valence-electron chi connectivity index (χ1n) is 4.75. The highest BCUT2D eigenvalue weighted by Gasteiger charge is 2.35. The minimum absolute atomic E-state index is 0.498. The summed E-state index contributed by atoms with van der Waals surface area (Å²) in [4.78, 5) is 11.3. The molecule has 108 valence electrons. The standard InChI is InChI=1S/C8H10F3N3O4S/c1-14(19(2,16)17)4-6(15)12-7-3-5(13-18-7)8(9,10)11/h3H,4H2,1-2H3,(H,12,15). The second kappa shape index (κ2) is 5.17. The van der Waals surface area contributed by atoms with Crippen molar-refractivity contribution in [3.05, 3.63) is 11.8 Å². The average molecular weight is 301 g/mol. The molecule has 1 rings (SSSR count). The lowest BCUT2D eigenvalue weighted by Gasteiger charge is -2.12. The molecule has 0 saturated carbocycles. The predicted molar refractivity (Wildman–Crippen MR) is 57.6 cm³/mol.